The van der Waals surface area contributed by atoms with E-state index in [2.05, 4.69) is 4.74 Å². The highest BCUT2D eigenvalue weighted by Gasteiger charge is 2.31. The number of ketones is 1. The summed E-state index contributed by atoms with van der Waals surface area (Å²) < 4.78 is 52.5. The number of carbonyl (C=O) groups is 2. The highest BCUT2D eigenvalue weighted by Crippen LogP contribution is 2.31. The second-order valence-corrected chi connectivity index (χ2v) is 5.45. The number of carbonyl (C=O) groups excluding carboxylic acids is 2. The third-order valence-electron chi connectivity index (χ3n) is 3.70. The summed E-state index contributed by atoms with van der Waals surface area (Å²) in [5, 5.41) is 0. The van der Waals surface area contributed by atoms with E-state index >= 15 is 0 Å². The van der Waals surface area contributed by atoms with Gasteiger partial charge >= 0.3 is 12.3 Å². The predicted molar refractivity (Wildman–Crippen MR) is 80.3 cm³/mol. The molecule has 0 radical (unpaired) electrons. The molecule has 138 valence electrons. The fraction of sp³-hybridized carbons (Fsp3) is 0.500. The van der Waals surface area contributed by atoms with Gasteiger partial charge in [-0.25, -0.2) is 4.79 Å². The number of Topliss-reactive ketones (excluding diaryl/α,β-unsaturated/α-hetero) is 1. The van der Waals surface area contributed by atoms with E-state index in [0.717, 1.165) is 19.2 Å². The van der Waals surface area contributed by atoms with Gasteiger partial charge in [0.05, 0.1) is 12.7 Å². The first kappa shape index (κ1) is 19.0. The van der Waals surface area contributed by atoms with Crippen LogP contribution in [0.5, 0.6) is 5.75 Å². The molecule has 2 rings (SSSR count). The number of piperidine rings is 1. The summed E-state index contributed by atoms with van der Waals surface area (Å²) in [5.74, 6) is -0.0780. The third kappa shape index (κ3) is 5.63. The number of hydrogen-bond acceptors (Lipinski definition) is 6. The molecule has 1 aliphatic rings. The minimum absolute atomic E-state index is 0.116. The first-order valence-electron chi connectivity index (χ1n) is 7.59. The van der Waals surface area contributed by atoms with E-state index < -0.39 is 24.0 Å². The number of nitrogens with zero attached hydrogens (tertiary/aromatic N) is 1. The van der Waals surface area contributed by atoms with Crippen LogP contribution in [0.4, 0.5) is 18.0 Å². The highest BCUT2D eigenvalue weighted by molar-refractivity contribution is 5.85. The lowest BCUT2D eigenvalue weighted by Crippen LogP contribution is -2.47. The van der Waals surface area contributed by atoms with Crippen LogP contribution in [-0.4, -0.2) is 56.3 Å². The molecule has 1 fully saturated rings. The van der Waals surface area contributed by atoms with E-state index in [1.807, 2.05) is 4.90 Å². The van der Waals surface area contributed by atoms with E-state index in [1.165, 1.54) is 12.1 Å². The van der Waals surface area contributed by atoms with Crippen LogP contribution in [0.25, 0.3) is 0 Å². The van der Waals surface area contributed by atoms with Crippen LogP contribution in [0.1, 0.15) is 12.0 Å². The first-order chi connectivity index (χ1) is 11.8. The second kappa shape index (κ2) is 8.19. The van der Waals surface area contributed by atoms with Crippen LogP contribution in [-0.2, 0) is 20.4 Å². The maximum atomic E-state index is 12.6. The molecular weight excluding hydrogens is 343 g/mol. The molecule has 0 aliphatic carbocycles. The van der Waals surface area contributed by atoms with Crippen molar-refractivity contribution in [3.05, 3.63) is 29.8 Å². The summed E-state index contributed by atoms with van der Waals surface area (Å²) >= 11 is 0. The van der Waals surface area contributed by atoms with Crippen molar-refractivity contribution in [2.75, 3.05) is 33.4 Å². The lowest BCUT2D eigenvalue weighted by Gasteiger charge is -2.30. The van der Waals surface area contributed by atoms with Crippen molar-refractivity contribution in [3.8, 4) is 5.75 Å². The molecule has 0 spiro atoms. The Morgan fingerprint density at radius 2 is 2.12 bits per heavy atom. The van der Waals surface area contributed by atoms with Crippen molar-refractivity contribution in [2.45, 2.75) is 18.7 Å². The summed E-state index contributed by atoms with van der Waals surface area (Å²) in [7, 11) is 1.15. The molecule has 9 heteroatoms. The molecule has 0 bridgehead atoms. The molecule has 1 aliphatic heterocycles. The molecule has 1 unspecified atom stereocenters. The van der Waals surface area contributed by atoms with E-state index in [9.17, 15) is 22.8 Å². The van der Waals surface area contributed by atoms with Gasteiger partial charge in [-0.15, -0.1) is 0 Å². The van der Waals surface area contributed by atoms with Crippen LogP contribution in [0, 0.1) is 0 Å². The van der Waals surface area contributed by atoms with Gasteiger partial charge in [0.25, 0.3) is 0 Å². The summed E-state index contributed by atoms with van der Waals surface area (Å²) in [5.41, 5.74) is -0.778. The number of rotatable bonds is 5. The molecule has 1 saturated heterocycles. The summed E-state index contributed by atoms with van der Waals surface area (Å²) in [6.45, 7) is 1.18. The molecule has 25 heavy (non-hydrogen) atoms. The second-order valence-electron chi connectivity index (χ2n) is 5.45. The number of methoxy groups -OCH3 is 1. The van der Waals surface area contributed by atoms with Gasteiger partial charge in [-0.2, -0.15) is 13.2 Å². The molecule has 1 atom stereocenters. The maximum absolute atomic E-state index is 12.6. The maximum Gasteiger partial charge on any atom is 0.508 e. The summed E-state index contributed by atoms with van der Waals surface area (Å²) in [6, 6.07) is 4.62. The largest absolute Gasteiger partial charge is 0.508 e. The van der Waals surface area contributed by atoms with Gasteiger partial charge in [0, 0.05) is 26.1 Å². The van der Waals surface area contributed by atoms with E-state index in [4.69, 9.17) is 9.47 Å². The molecule has 0 saturated carbocycles. The predicted octanol–water partition coefficient (Wildman–Crippen LogP) is 2.51. The number of benzene rings is 1. The Bertz CT molecular complexity index is 620. The van der Waals surface area contributed by atoms with Crippen LogP contribution in [0.15, 0.2) is 24.3 Å². The van der Waals surface area contributed by atoms with Crippen LogP contribution in [0.3, 0.4) is 0 Å². The minimum atomic E-state index is -4.43. The Morgan fingerprint density at radius 3 is 2.80 bits per heavy atom. The third-order valence-corrected chi connectivity index (χ3v) is 3.70. The van der Waals surface area contributed by atoms with Crippen molar-refractivity contribution >= 4 is 11.9 Å². The highest BCUT2D eigenvalue weighted by atomic mass is 19.4. The topological polar surface area (TPSA) is 65.1 Å². The Kier molecular flexibility index (Phi) is 6.24. The van der Waals surface area contributed by atoms with Gasteiger partial charge in [-0.3, -0.25) is 9.69 Å². The minimum Gasteiger partial charge on any atom is -0.492 e. The van der Waals surface area contributed by atoms with Gasteiger partial charge in [-0.1, -0.05) is 6.07 Å². The van der Waals surface area contributed by atoms with E-state index in [1.54, 1.807) is 0 Å². The van der Waals surface area contributed by atoms with Gasteiger partial charge in [0.15, 0.2) is 11.9 Å². The Labute approximate surface area is 142 Å². The number of hydrogen-bond donors (Lipinski definition) is 0. The van der Waals surface area contributed by atoms with Crippen LogP contribution in [0.2, 0.25) is 0 Å². The van der Waals surface area contributed by atoms with E-state index in [-0.39, 0.29) is 31.1 Å². The van der Waals surface area contributed by atoms with Gasteiger partial charge in [0.2, 0.25) is 0 Å². The van der Waals surface area contributed by atoms with Gasteiger partial charge in [-0.05, 0) is 18.2 Å². The monoisotopic (exact) mass is 361 g/mol. The number of ether oxygens (including phenoxy) is 3. The average molecular weight is 361 g/mol. The molecule has 1 aromatic carbocycles. The zero-order valence-corrected chi connectivity index (χ0v) is 13.5. The normalized spacial score (nSPS) is 18.7. The van der Waals surface area contributed by atoms with E-state index in [0.29, 0.717) is 13.1 Å². The number of alkyl halides is 3. The summed E-state index contributed by atoms with van der Waals surface area (Å²) in [4.78, 5) is 24.7. The van der Waals surface area contributed by atoms with Gasteiger partial charge < -0.3 is 14.2 Å². The average Bonchev–Trinajstić information content (AvgIpc) is 2.57. The number of halogens is 3. The molecule has 1 aromatic rings. The Hall–Kier alpha value is -2.29. The van der Waals surface area contributed by atoms with Crippen molar-refractivity contribution in [2.24, 2.45) is 0 Å². The molecule has 1 heterocycles. The quantitative estimate of drug-likeness (QED) is 0.751. The molecule has 6 nitrogen and oxygen atoms in total. The Balaban J connectivity index is 1.83. The van der Waals surface area contributed by atoms with Gasteiger partial charge in [0.1, 0.15) is 12.4 Å². The molecule has 0 N–H and O–H groups in total. The number of likely N-dealkylation sites (tertiary alicyclic amines) is 1. The fourth-order valence-electron chi connectivity index (χ4n) is 2.38. The molecule has 0 aromatic heterocycles. The van der Waals surface area contributed by atoms with Crippen molar-refractivity contribution in [1.29, 1.82) is 0 Å². The van der Waals surface area contributed by atoms with Crippen molar-refractivity contribution in [3.63, 3.8) is 0 Å². The first-order valence-corrected chi connectivity index (χ1v) is 7.59. The van der Waals surface area contributed by atoms with Crippen LogP contribution < -0.4 is 4.74 Å². The molecular formula is C16H18F3NO5. The zero-order valence-electron chi connectivity index (χ0n) is 13.5. The lowest BCUT2D eigenvalue weighted by atomic mass is 10.1. The summed E-state index contributed by atoms with van der Waals surface area (Å²) in [6.07, 6.45) is -6.05. The standard InChI is InChI=1S/C16H18F3NO5/c1-23-15(22)25-14-10-20(6-5-13(14)21)7-8-24-12-4-2-3-11(9-12)16(17,18)19/h2-4,9,14H,5-8,10H2,1H3. The fourth-order valence-corrected chi connectivity index (χ4v) is 2.38. The smallest absolute Gasteiger partial charge is 0.492 e. The van der Waals surface area contributed by atoms with Crippen molar-refractivity contribution < 1.29 is 37.0 Å². The lowest BCUT2D eigenvalue weighted by molar-refractivity contribution is -0.137. The molecule has 0 amide bonds. The SMILES string of the molecule is COC(=O)OC1CN(CCOc2cccc(C(F)(F)F)c2)CCC1=O. The Morgan fingerprint density at radius 1 is 1.36 bits per heavy atom. The zero-order chi connectivity index (χ0) is 18.4. The van der Waals surface area contributed by atoms with Crippen molar-refractivity contribution in [1.82, 2.24) is 4.90 Å². The van der Waals surface area contributed by atoms with Crippen LogP contribution >= 0.6 is 0 Å².